The summed E-state index contributed by atoms with van der Waals surface area (Å²) in [5, 5.41) is 4.63. The summed E-state index contributed by atoms with van der Waals surface area (Å²) in [6.07, 6.45) is 0. The van der Waals surface area contributed by atoms with E-state index in [0.29, 0.717) is 23.0 Å². The first-order valence-electron chi connectivity index (χ1n) is 6.86. The summed E-state index contributed by atoms with van der Waals surface area (Å²) in [5.74, 6) is 0.241. The summed E-state index contributed by atoms with van der Waals surface area (Å²) in [7, 11) is 0. The minimum atomic E-state index is -0.783. The van der Waals surface area contributed by atoms with Gasteiger partial charge in [0, 0.05) is 11.4 Å². The number of aromatic nitrogens is 3. The van der Waals surface area contributed by atoms with Crippen molar-refractivity contribution in [2.75, 3.05) is 12.5 Å². The van der Waals surface area contributed by atoms with Crippen molar-refractivity contribution < 1.29 is 9.53 Å². The maximum atomic E-state index is 12.7. The van der Waals surface area contributed by atoms with E-state index in [-0.39, 0.29) is 17.8 Å². The van der Waals surface area contributed by atoms with Crippen LogP contribution in [0.1, 0.15) is 25.6 Å². The number of ether oxygens (including phenoxy) is 1. The van der Waals surface area contributed by atoms with Gasteiger partial charge in [0.2, 0.25) is 0 Å². The lowest BCUT2D eigenvalue weighted by molar-refractivity contribution is 0.0753. The highest BCUT2D eigenvalue weighted by Gasteiger charge is 2.32. The SMILES string of the molecule is CCOc1nc(-c2ccccc2Cl)n(C(=O)C(C)(C)CCl)n1. The minimum absolute atomic E-state index is 0.135. The Morgan fingerprint density at radius 1 is 1.36 bits per heavy atom. The van der Waals surface area contributed by atoms with E-state index in [2.05, 4.69) is 10.1 Å². The van der Waals surface area contributed by atoms with Gasteiger partial charge in [-0.2, -0.15) is 9.67 Å². The summed E-state index contributed by atoms with van der Waals surface area (Å²) in [4.78, 5) is 17.0. The van der Waals surface area contributed by atoms with E-state index in [4.69, 9.17) is 27.9 Å². The molecule has 2 rings (SSSR count). The Morgan fingerprint density at radius 2 is 2.05 bits per heavy atom. The molecule has 1 heterocycles. The quantitative estimate of drug-likeness (QED) is 0.773. The number of nitrogens with zero attached hydrogens (tertiary/aromatic N) is 3. The number of hydrogen-bond acceptors (Lipinski definition) is 4. The van der Waals surface area contributed by atoms with Gasteiger partial charge in [-0.3, -0.25) is 4.79 Å². The molecule has 0 aliphatic carbocycles. The molecule has 0 amide bonds. The fraction of sp³-hybridized carbons (Fsp3) is 0.400. The minimum Gasteiger partial charge on any atom is -0.463 e. The fourth-order valence-electron chi connectivity index (χ4n) is 1.79. The molecule has 7 heteroatoms. The zero-order valence-corrected chi connectivity index (χ0v) is 14.1. The number of benzene rings is 1. The third-order valence-electron chi connectivity index (χ3n) is 3.08. The highest BCUT2D eigenvalue weighted by molar-refractivity contribution is 6.33. The first-order chi connectivity index (χ1) is 10.4. The molecule has 2 aromatic rings. The largest absolute Gasteiger partial charge is 0.463 e. The molecule has 0 saturated heterocycles. The van der Waals surface area contributed by atoms with E-state index in [1.165, 1.54) is 4.68 Å². The van der Waals surface area contributed by atoms with Crippen molar-refractivity contribution >= 4 is 29.1 Å². The first kappa shape index (κ1) is 16.8. The van der Waals surface area contributed by atoms with Crippen molar-refractivity contribution in [3.8, 4) is 17.4 Å². The van der Waals surface area contributed by atoms with Crippen molar-refractivity contribution in [3.63, 3.8) is 0 Å². The van der Waals surface area contributed by atoms with E-state index in [9.17, 15) is 4.79 Å². The highest BCUT2D eigenvalue weighted by Crippen LogP contribution is 2.30. The van der Waals surface area contributed by atoms with Crippen LogP contribution in [0.3, 0.4) is 0 Å². The van der Waals surface area contributed by atoms with Gasteiger partial charge in [-0.25, -0.2) is 0 Å². The van der Waals surface area contributed by atoms with Gasteiger partial charge in [-0.1, -0.05) is 23.7 Å². The first-order valence-corrected chi connectivity index (χ1v) is 7.77. The topological polar surface area (TPSA) is 57.0 Å². The third-order valence-corrected chi connectivity index (χ3v) is 4.08. The molecule has 0 atom stereocenters. The molecule has 1 aromatic carbocycles. The number of alkyl halides is 1. The predicted octanol–water partition coefficient (Wildman–Crippen LogP) is 3.90. The second-order valence-electron chi connectivity index (χ2n) is 5.37. The van der Waals surface area contributed by atoms with E-state index in [1.807, 2.05) is 13.0 Å². The van der Waals surface area contributed by atoms with Crippen molar-refractivity contribution in [1.29, 1.82) is 0 Å². The third kappa shape index (κ3) is 3.25. The van der Waals surface area contributed by atoms with E-state index >= 15 is 0 Å². The Balaban J connectivity index is 2.58. The lowest BCUT2D eigenvalue weighted by atomic mass is 9.95. The molecule has 0 saturated carbocycles. The average Bonchev–Trinajstić information content (AvgIpc) is 2.91. The molecular formula is C15H17Cl2N3O2. The van der Waals surface area contributed by atoms with Crippen LogP contribution in [0.2, 0.25) is 5.02 Å². The Morgan fingerprint density at radius 3 is 2.64 bits per heavy atom. The van der Waals surface area contributed by atoms with E-state index < -0.39 is 5.41 Å². The maximum absolute atomic E-state index is 12.7. The van der Waals surface area contributed by atoms with Crippen LogP contribution >= 0.6 is 23.2 Å². The molecule has 0 bridgehead atoms. The molecule has 0 spiro atoms. The Labute approximate surface area is 139 Å². The molecule has 1 aromatic heterocycles. The van der Waals surface area contributed by atoms with E-state index in [0.717, 1.165) is 0 Å². The number of halogens is 2. The van der Waals surface area contributed by atoms with Gasteiger partial charge in [-0.15, -0.1) is 16.7 Å². The van der Waals surface area contributed by atoms with Gasteiger partial charge in [0.25, 0.3) is 5.91 Å². The summed E-state index contributed by atoms with van der Waals surface area (Å²) in [6, 6.07) is 7.27. The standard InChI is InChI=1S/C15H17Cl2N3O2/c1-4-22-14-18-12(10-7-5-6-8-11(10)17)20(19-14)13(21)15(2,3)9-16/h5-8H,4,9H2,1-3H3. The van der Waals surface area contributed by atoms with Crippen LogP contribution in [0, 0.1) is 5.41 Å². The Hall–Kier alpha value is -1.59. The molecule has 0 radical (unpaired) electrons. The van der Waals surface area contributed by atoms with Crippen molar-refractivity contribution in [2.45, 2.75) is 20.8 Å². The molecule has 0 unspecified atom stereocenters. The Kier molecular flexibility index (Phi) is 5.08. The van der Waals surface area contributed by atoms with Gasteiger partial charge in [0.05, 0.1) is 17.0 Å². The normalized spacial score (nSPS) is 11.5. The molecule has 22 heavy (non-hydrogen) atoms. The molecule has 5 nitrogen and oxygen atoms in total. The van der Waals surface area contributed by atoms with Crippen LogP contribution in [0.25, 0.3) is 11.4 Å². The zero-order valence-electron chi connectivity index (χ0n) is 12.6. The summed E-state index contributed by atoms with van der Waals surface area (Å²) in [5.41, 5.74) is -0.171. The van der Waals surface area contributed by atoms with E-state index in [1.54, 1.807) is 32.0 Å². The van der Waals surface area contributed by atoms with Gasteiger partial charge in [0.15, 0.2) is 5.82 Å². The van der Waals surface area contributed by atoms with Gasteiger partial charge >= 0.3 is 6.01 Å². The van der Waals surface area contributed by atoms with Gasteiger partial charge < -0.3 is 4.74 Å². The van der Waals surface area contributed by atoms with Crippen LogP contribution in [0.4, 0.5) is 0 Å². The lowest BCUT2D eigenvalue weighted by Gasteiger charge is -2.19. The zero-order chi connectivity index (χ0) is 16.3. The fourth-order valence-corrected chi connectivity index (χ4v) is 2.12. The molecule has 118 valence electrons. The molecular weight excluding hydrogens is 325 g/mol. The Bertz CT molecular complexity index is 683. The second kappa shape index (κ2) is 6.67. The van der Waals surface area contributed by atoms with Crippen LogP contribution in [0.15, 0.2) is 24.3 Å². The average molecular weight is 342 g/mol. The summed E-state index contributed by atoms with van der Waals surface area (Å²) in [6.45, 7) is 5.72. The summed E-state index contributed by atoms with van der Waals surface area (Å²) >= 11 is 12.1. The number of hydrogen-bond donors (Lipinski definition) is 0. The monoisotopic (exact) mass is 341 g/mol. The smallest absolute Gasteiger partial charge is 0.336 e. The number of carbonyl (C=O) groups is 1. The van der Waals surface area contributed by atoms with Gasteiger partial charge in [-0.05, 0) is 32.9 Å². The number of carbonyl (C=O) groups excluding carboxylic acids is 1. The molecule has 0 aliphatic heterocycles. The van der Waals surface area contributed by atoms with Crippen molar-refractivity contribution in [2.24, 2.45) is 5.41 Å². The number of rotatable bonds is 5. The molecule has 0 aliphatic rings. The van der Waals surface area contributed by atoms with Crippen LogP contribution < -0.4 is 4.74 Å². The highest BCUT2D eigenvalue weighted by atomic mass is 35.5. The second-order valence-corrected chi connectivity index (χ2v) is 6.04. The van der Waals surface area contributed by atoms with Gasteiger partial charge in [0.1, 0.15) is 0 Å². The van der Waals surface area contributed by atoms with Crippen LogP contribution in [0.5, 0.6) is 6.01 Å². The van der Waals surface area contributed by atoms with Crippen LogP contribution in [-0.2, 0) is 0 Å². The summed E-state index contributed by atoms with van der Waals surface area (Å²) < 4.78 is 6.53. The molecule has 0 fully saturated rings. The maximum Gasteiger partial charge on any atom is 0.336 e. The molecule has 0 N–H and O–H groups in total. The van der Waals surface area contributed by atoms with Crippen molar-refractivity contribution in [3.05, 3.63) is 29.3 Å². The van der Waals surface area contributed by atoms with Crippen LogP contribution in [-0.4, -0.2) is 33.2 Å². The predicted molar refractivity (Wildman–Crippen MR) is 86.8 cm³/mol. The lowest BCUT2D eigenvalue weighted by Crippen LogP contribution is -2.32. The van der Waals surface area contributed by atoms with Crippen molar-refractivity contribution in [1.82, 2.24) is 14.8 Å².